The largest absolute Gasteiger partial charge is 1.00 e. The van der Waals surface area contributed by atoms with Gasteiger partial charge in [0.2, 0.25) is 5.91 Å². The number of epoxide rings is 1. The van der Waals surface area contributed by atoms with Crippen molar-refractivity contribution >= 4 is 17.8 Å². The number of hydrogen-bond donors (Lipinski definition) is 2. The first-order valence-electron chi connectivity index (χ1n) is 6.69. The molecule has 0 aromatic carbocycles. The van der Waals surface area contributed by atoms with Crippen molar-refractivity contribution in [1.29, 1.82) is 0 Å². The van der Waals surface area contributed by atoms with Crippen molar-refractivity contribution in [1.82, 2.24) is 10.6 Å². The molecule has 0 bridgehead atoms. The van der Waals surface area contributed by atoms with E-state index in [1.807, 2.05) is 27.7 Å². The Kier molecular flexibility index (Phi) is 9.22. The minimum Gasteiger partial charge on any atom is -0.547 e. The normalized spacial score (nSPS) is 21.4. The Bertz CT molecular complexity index is 400. The predicted octanol–water partition coefficient (Wildman–Crippen LogP) is -4.44. The number of aliphatic carboxylic acids is 1. The number of carboxylic acid groups (broad SMARTS) is 1. The Hall–Kier alpha value is 0.00636. The molecule has 0 aromatic rings. The molecule has 1 aliphatic rings. The van der Waals surface area contributed by atoms with Gasteiger partial charge in [0.25, 0.3) is 5.91 Å². The van der Waals surface area contributed by atoms with Crippen molar-refractivity contribution in [2.24, 2.45) is 5.92 Å². The Labute approximate surface area is 167 Å². The molecule has 8 heteroatoms. The van der Waals surface area contributed by atoms with Crippen LogP contribution >= 0.6 is 0 Å². The van der Waals surface area contributed by atoms with Gasteiger partial charge in [-0.3, -0.25) is 9.59 Å². The maximum atomic E-state index is 12.0. The fraction of sp³-hybridized carbons (Fsp3) is 0.769. The van der Waals surface area contributed by atoms with Crippen LogP contribution in [-0.2, 0) is 19.1 Å². The number of carbonyl (C=O) groups is 3. The zero-order chi connectivity index (χ0) is 15.4. The Morgan fingerprint density at radius 1 is 1.10 bits per heavy atom. The summed E-state index contributed by atoms with van der Waals surface area (Å²) in [5.74, 6) is -2.09. The first kappa shape index (κ1) is 21.0. The molecule has 2 amide bonds. The standard InChI is InChI=1S/C13H22N2O5.K/c1-6(2)5-8(11(16)14-7(3)4)15-12(17)9-10(20-9)13(18)19;/h6-10H,5H2,1-4H3,(H,14,16)(H,15,17)(H,18,19);/q;+1/p-1/t8-,9-,10-;/m0./s1. The van der Waals surface area contributed by atoms with Crippen LogP contribution in [0.25, 0.3) is 0 Å². The second-order valence-electron chi connectivity index (χ2n) is 5.65. The van der Waals surface area contributed by atoms with Crippen LogP contribution in [0.5, 0.6) is 0 Å². The number of rotatable bonds is 7. The van der Waals surface area contributed by atoms with E-state index in [1.165, 1.54) is 0 Å². The molecule has 1 saturated heterocycles. The zero-order valence-corrected chi connectivity index (χ0v) is 16.3. The van der Waals surface area contributed by atoms with Crippen LogP contribution in [0.2, 0.25) is 0 Å². The van der Waals surface area contributed by atoms with Gasteiger partial charge in [-0.2, -0.15) is 0 Å². The van der Waals surface area contributed by atoms with Gasteiger partial charge in [-0.25, -0.2) is 0 Å². The molecule has 3 atom stereocenters. The minimum atomic E-state index is -1.42. The van der Waals surface area contributed by atoms with Crippen molar-refractivity contribution in [3.05, 3.63) is 0 Å². The molecule has 1 rings (SSSR count). The summed E-state index contributed by atoms with van der Waals surface area (Å²) in [5.41, 5.74) is 0. The summed E-state index contributed by atoms with van der Waals surface area (Å²) in [6, 6.07) is -0.737. The maximum Gasteiger partial charge on any atom is 1.00 e. The van der Waals surface area contributed by atoms with E-state index >= 15 is 0 Å². The summed E-state index contributed by atoms with van der Waals surface area (Å²) in [4.78, 5) is 34.3. The van der Waals surface area contributed by atoms with Crippen LogP contribution in [0, 0.1) is 5.92 Å². The van der Waals surface area contributed by atoms with E-state index in [9.17, 15) is 19.5 Å². The molecule has 0 unspecified atom stereocenters. The second kappa shape index (κ2) is 9.21. The first-order chi connectivity index (χ1) is 9.22. The monoisotopic (exact) mass is 324 g/mol. The van der Waals surface area contributed by atoms with Crippen LogP contribution in [-0.4, -0.2) is 42.1 Å². The number of hydrogen-bond acceptors (Lipinski definition) is 5. The summed E-state index contributed by atoms with van der Waals surface area (Å²) in [6.45, 7) is 7.50. The van der Waals surface area contributed by atoms with Gasteiger partial charge in [0.05, 0.1) is 5.97 Å². The van der Waals surface area contributed by atoms with E-state index in [2.05, 4.69) is 10.6 Å². The fourth-order valence-corrected chi connectivity index (χ4v) is 1.83. The summed E-state index contributed by atoms with van der Waals surface area (Å²) in [7, 11) is 0. The van der Waals surface area contributed by atoms with Gasteiger partial charge in [-0.15, -0.1) is 0 Å². The van der Waals surface area contributed by atoms with E-state index in [0.29, 0.717) is 6.42 Å². The Morgan fingerprint density at radius 3 is 2.05 bits per heavy atom. The van der Waals surface area contributed by atoms with E-state index in [0.717, 1.165) is 0 Å². The maximum absolute atomic E-state index is 12.0. The molecule has 1 fully saturated rings. The summed E-state index contributed by atoms with van der Waals surface area (Å²) < 4.78 is 4.70. The van der Waals surface area contributed by atoms with Crippen LogP contribution in [0.4, 0.5) is 0 Å². The molecule has 0 saturated carbocycles. The third-order valence-electron chi connectivity index (χ3n) is 2.75. The average molecular weight is 324 g/mol. The predicted molar refractivity (Wildman–Crippen MR) is 68.3 cm³/mol. The zero-order valence-electron chi connectivity index (χ0n) is 13.1. The topological polar surface area (TPSA) is 111 Å². The SMILES string of the molecule is CC(C)C[C@H](NC(=O)[C@H]1O[C@@H]1C(=O)[O-])C(=O)NC(C)C.[K+]. The third kappa shape index (κ3) is 7.20. The summed E-state index contributed by atoms with van der Waals surface area (Å²) in [5, 5.41) is 15.8. The summed E-state index contributed by atoms with van der Waals surface area (Å²) in [6.07, 6.45) is -1.79. The van der Waals surface area contributed by atoms with Gasteiger partial charge in [-0.1, -0.05) is 13.8 Å². The van der Waals surface area contributed by atoms with Crippen molar-refractivity contribution in [2.75, 3.05) is 0 Å². The van der Waals surface area contributed by atoms with Crippen molar-refractivity contribution < 1.29 is 75.6 Å². The second-order valence-corrected chi connectivity index (χ2v) is 5.65. The molecule has 2 N–H and O–H groups in total. The van der Waals surface area contributed by atoms with Crippen molar-refractivity contribution in [3.63, 3.8) is 0 Å². The minimum absolute atomic E-state index is 0. The molecule has 0 aromatic heterocycles. The van der Waals surface area contributed by atoms with Gasteiger partial charge < -0.3 is 25.3 Å². The van der Waals surface area contributed by atoms with Gasteiger partial charge in [0.1, 0.15) is 12.1 Å². The number of amides is 2. The molecule has 7 nitrogen and oxygen atoms in total. The molecule has 0 radical (unpaired) electrons. The van der Waals surface area contributed by atoms with Gasteiger partial charge in [0.15, 0.2) is 6.10 Å². The molecule has 0 spiro atoms. The van der Waals surface area contributed by atoms with E-state index in [-0.39, 0.29) is 69.3 Å². The third-order valence-corrected chi connectivity index (χ3v) is 2.75. The first-order valence-corrected chi connectivity index (χ1v) is 6.69. The number of carbonyl (C=O) groups excluding carboxylic acids is 3. The molecule has 114 valence electrons. The molecule has 21 heavy (non-hydrogen) atoms. The summed E-state index contributed by atoms with van der Waals surface area (Å²) >= 11 is 0. The molecule has 1 heterocycles. The van der Waals surface area contributed by atoms with Crippen LogP contribution < -0.4 is 67.1 Å². The molecule has 1 aliphatic heterocycles. The fourth-order valence-electron chi connectivity index (χ4n) is 1.83. The van der Waals surface area contributed by atoms with Crippen LogP contribution in [0.15, 0.2) is 0 Å². The average Bonchev–Trinajstić information content (AvgIpc) is 3.06. The van der Waals surface area contributed by atoms with Gasteiger partial charge in [0, 0.05) is 6.04 Å². The number of ether oxygens (including phenoxy) is 1. The van der Waals surface area contributed by atoms with Gasteiger partial charge in [-0.05, 0) is 26.2 Å². The van der Waals surface area contributed by atoms with Crippen molar-refractivity contribution in [3.8, 4) is 0 Å². The van der Waals surface area contributed by atoms with Crippen molar-refractivity contribution in [2.45, 2.75) is 58.4 Å². The molecular weight excluding hydrogens is 303 g/mol. The van der Waals surface area contributed by atoms with Gasteiger partial charge >= 0.3 is 51.4 Å². The Balaban J connectivity index is 0.00000400. The number of carboxylic acids is 1. The van der Waals surface area contributed by atoms with E-state index < -0.39 is 30.1 Å². The van der Waals surface area contributed by atoms with E-state index in [4.69, 9.17) is 4.74 Å². The Morgan fingerprint density at radius 2 is 1.67 bits per heavy atom. The van der Waals surface area contributed by atoms with E-state index in [1.54, 1.807) is 0 Å². The quantitative estimate of drug-likeness (QED) is 0.363. The smallest absolute Gasteiger partial charge is 0.547 e. The number of nitrogens with one attached hydrogen (secondary N) is 2. The molecule has 0 aliphatic carbocycles. The van der Waals surface area contributed by atoms with Crippen LogP contribution in [0.1, 0.15) is 34.1 Å². The molecular formula is C13H21KN2O5. The van der Waals surface area contributed by atoms with Crippen LogP contribution in [0.3, 0.4) is 0 Å².